The van der Waals surface area contributed by atoms with Crippen LogP contribution in [0.3, 0.4) is 0 Å². The molecule has 3 aromatic carbocycles. The summed E-state index contributed by atoms with van der Waals surface area (Å²) in [6, 6.07) is 20.6. The van der Waals surface area contributed by atoms with Crippen LogP contribution in [-0.2, 0) is 29.1 Å². The van der Waals surface area contributed by atoms with E-state index in [-0.39, 0.29) is 24.8 Å². The molecule has 0 aliphatic rings. The van der Waals surface area contributed by atoms with Crippen molar-refractivity contribution in [2.45, 2.75) is 38.9 Å². The smallest absolute Gasteiger partial charge is 0.251 e. The fourth-order valence-electron chi connectivity index (χ4n) is 4.11. The minimum absolute atomic E-state index is 0.0429. The summed E-state index contributed by atoms with van der Waals surface area (Å²) >= 11 is 0. The number of hydrogen-bond donors (Lipinski definition) is 4. The summed E-state index contributed by atoms with van der Waals surface area (Å²) in [5, 5.41) is 22.8. The molecule has 0 unspecified atom stereocenters. The number of hydrogen-bond acceptors (Lipinski definition) is 6. The van der Waals surface area contributed by atoms with Crippen molar-refractivity contribution in [1.82, 2.24) is 31.1 Å². The molecule has 1 aromatic heterocycles. The van der Waals surface area contributed by atoms with E-state index in [0.29, 0.717) is 24.2 Å². The number of rotatable bonds is 11. The second kappa shape index (κ2) is 13.3. The number of nitrogens with one attached hydrogen (secondary N) is 3. The van der Waals surface area contributed by atoms with E-state index in [2.05, 4.69) is 20.9 Å². The first-order valence-electron chi connectivity index (χ1n) is 12.6. The Kier molecular flexibility index (Phi) is 9.31. The highest BCUT2D eigenvalue weighted by molar-refractivity contribution is 5.94. The zero-order chi connectivity index (χ0) is 28.5. The maximum absolute atomic E-state index is 13.1. The molecule has 0 saturated carbocycles. The Hall–Kier alpha value is -4.90. The summed E-state index contributed by atoms with van der Waals surface area (Å²) in [6.07, 6.45) is 2.03. The predicted molar refractivity (Wildman–Crippen MR) is 144 cm³/mol. The fourth-order valence-corrected chi connectivity index (χ4v) is 4.11. The summed E-state index contributed by atoms with van der Waals surface area (Å²) in [4.78, 5) is 35.4. The molecule has 0 bridgehead atoms. The van der Waals surface area contributed by atoms with Gasteiger partial charge in [-0.3, -0.25) is 19.6 Å². The molecule has 206 valence electrons. The molecule has 0 aliphatic heterocycles. The van der Waals surface area contributed by atoms with Gasteiger partial charge in [0.1, 0.15) is 11.5 Å². The van der Waals surface area contributed by atoms with Crippen LogP contribution in [0, 0.1) is 5.82 Å². The standard InChI is InChI=1S/C29H29FN6O4/c1-19(37)31-16-21-4-8-23(9-5-21)22-6-2-20(3-7-22)14-27(15-28(38)34-40)36-18-26(33-35-36)17-32-29(39)24-10-12-25(30)13-11-24/h2-13,18,27,40H,14-17H2,1H3,(H,31,37)(H,32,39)(H,34,38)/t27-/m1/s1. The highest BCUT2D eigenvalue weighted by Gasteiger charge is 2.19. The number of amides is 3. The minimum atomic E-state index is -0.567. The summed E-state index contributed by atoms with van der Waals surface area (Å²) in [5.41, 5.74) is 6.44. The Morgan fingerprint density at radius 2 is 1.50 bits per heavy atom. The van der Waals surface area contributed by atoms with E-state index in [9.17, 15) is 18.8 Å². The normalized spacial score (nSPS) is 11.5. The maximum atomic E-state index is 13.1. The lowest BCUT2D eigenvalue weighted by atomic mass is 9.98. The van der Waals surface area contributed by atoms with Gasteiger partial charge >= 0.3 is 0 Å². The van der Waals surface area contributed by atoms with Gasteiger partial charge in [0.05, 0.1) is 25.2 Å². The van der Waals surface area contributed by atoms with Gasteiger partial charge in [0.25, 0.3) is 5.91 Å². The second-order valence-electron chi connectivity index (χ2n) is 9.28. The maximum Gasteiger partial charge on any atom is 0.251 e. The summed E-state index contributed by atoms with van der Waals surface area (Å²) < 4.78 is 14.6. The minimum Gasteiger partial charge on any atom is -0.352 e. The van der Waals surface area contributed by atoms with Crippen molar-refractivity contribution in [3.8, 4) is 11.1 Å². The van der Waals surface area contributed by atoms with Gasteiger partial charge in [-0.1, -0.05) is 53.7 Å². The predicted octanol–water partition coefficient (Wildman–Crippen LogP) is 3.33. The van der Waals surface area contributed by atoms with E-state index in [1.165, 1.54) is 35.9 Å². The van der Waals surface area contributed by atoms with Crippen molar-refractivity contribution >= 4 is 17.7 Å². The third-order valence-corrected chi connectivity index (χ3v) is 6.27. The quantitative estimate of drug-likeness (QED) is 0.169. The number of carbonyl (C=O) groups excluding carboxylic acids is 3. The van der Waals surface area contributed by atoms with E-state index < -0.39 is 17.8 Å². The molecular formula is C29H29FN6O4. The van der Waals surface area contributed by atoms with E-state index in [1.807, 2.05) is 48.5 Å². The topological polar surface area (TPSA) is 138 Å². The van der Waals surface area contributed by atoms with Crippen LogP contribution in [0.4, 0.5) is 4.39 Å². The molecule has 0 spiro atoms. The average Bonchev–Trinajstić information content (AvgIpc) is 3.44. The summed E-state index contributed by atoms with van der Waals surface area (Å²) in [7, 11) is 0. The lowest BCUT2D eigenvalue weighted by Gasteiger charge is -2.16. The first kappa shape index (κ1) is 28.1. The lowest BCUT2D eigenvalue weighted by Crippen LogP contribution is -2.25. The van der Waals surface area contributed by atoms with Crippen molar-refractivity contribution in [1.29, 1.82) is 0 Å². The van der Waals surface area contributed by atoms with Gasteiger partial charge in [0, 0.05) is 19.0 Å². The van der Waals surface area contributed by atoms with Crippen LogP contribution >= 0.6 is 0 Å². The highest BCUT2D eigenvalue weighted by atomic mass is 19.1. The van der Waals surface area contributed by atoms with Crippen molar-refractivity contribution < 1.29 is 24.0 Å². The van der Waals surface area contributed by atoms with Gasteiger partial charge in [-0.2, -0.15) is 0 Å². The zero-order valence-corrected chi connectivity index (χ0v) is 21.8. The Balaban J connectivity index is 1.41. The molecule has 0 saturated heterocycles. The average molecular weight is 545 g/mol. The van der Waals surface area contributed by atoms with Crippen LogP contribution in [0.1, 0.15) is 46.6 Å². The number of aromatic nitrogens is 3. The van der Waals surface area contributed by atoms with Crippen LogP contribution in [0.2, 0.25) is 0 Å². The van der Waals surface area contributed by atoms with Gasteiger partial charge in [0.15, 0.2) is 0 Å². The van der Waals surface area contributed by atoms with Gasteiger partial charge < -0.3 is 10.6 Å². The molecule has 11 heteroatoms. The van der Waals surface area contributed by atoms with Gasteiger partial charge in [-0.25, -0.2) is 14.6 Å². The number of benzene rings is 3. The van der Waals surface area contributed by atoms with Crippen molar-refractivity contribution in [3.05, 3.63) is 107 Å². The lowest BCUT2D eigenvalue weighted by molar-refractivity contribution is -0.130. The molecule has 1 heterocycles. The molecule has 0 aliphatic carbocycles. The molecule has 3 amide bonds. The molecule has 4 rings (SSSR count). The fraction of sp³-hybridized carbons (Fsp3) is 0.207. The molecule has 4 N–H and O–H groups in total. The van der Waals surface area contributed by atoms with Crippen LogP contribution < -0.4 is 16.1 Å². The number of nitrogens with zero attached hydrogens (tertiary/aromatic N) is 3. The first-order valence-corrected chi connectivity index (χ1v) is 12.6. The highest BCUT2D eigenvalue weighted by Crippen LogP contribution is 2.23. The molecule has 0 fully saturated rings. The van der Waals surface area contributed by atoms with Crippen LogP contribution in [0.5, 0.6) is 0 Å². The third-order valence-electron chi connectivity index (χ3n) is 6.27. The van der Waals surface area contributed by atoms with Crippen molar-refractivity contribution in [2.24, 2.45) is 0 Å². The number of hydroxylamine groups is 1. The molecule has 40 heavy (non-hydrogen) atoms. The van der Waals surface area contributed by atoms with Crippen molar-refractivity contribution in [3.63, 3.8) is 0 Å². The SMILES string of the molecule is CC(=O)NCc1ccc(-c2ccc(C[C@H](CC(=O)NO)n3cc(CNC(=O)c4ccc(F)cc4)nn3)cc2)cc1. The first-order chi connectivity index (χ1) is 19.3. The number of carbonyl (C=O) groups is 3. The van der Waals surface area contributed by atoms with Crippen LogP contribution in [0.25, 0.3) is 11.1 Å². The molecule has 4 aromatic rings. The summed E-state index contributed by atoms with van der Waals surface area (Å²) in [5.74, 6) is -1.46. The van der Waals surface area contributed by atoms with Crippen LogP contribution in [0.15, 0.2) is 79.0 Å². The van der Waals surface area contributed by atoms with Gasteiger partial charge in [0.2, 0.25) is 11.8 Å². The molecule has 0 radical (unpaired) electrons. The van der Waals surface area contributed by atoms with Gasteiger partial charge in [-0.15, -0.1) is 5.10 Å². The van der Waals surface area contributed by atoms with E-state index in [0.717, 1.165) is 22.3 Å². The molecule has 10 nitrogen and oxygen atoms in total. The van der Waals surface area contributed by atoms with E-state index in [1.54, 1.807) is 11.7 Å². The summed E-state index contributed by atoms with van der Waals surface area (Å²) in [6.45, 7) is 2.05. The zero-order valence-electron chi connectivity index (χ0n) is 21.8. The Bertz CT molecular complexity index is 1450. The van der Waals surface area contributed by atoms with Gasteiger partial charge in [-0.05, 0) is 52.9 Å². The number of halogens is 1. The Morgan fingerprint density at radius 1 is 0.875 bits per heavy atom. The van der Waals surface area contributed by atoms with Crippen molar-refractivity contribution in [2.75, 3.05) is 0 Å². The monoisotopic (exact) mass is 544 g/mol. The Morgan fingerprint density at radius 3 is 2.10 bits per heavy atom. The molecular weight excluding hydrogens is 515 g/mol. The molecule has 1 atom stereocenters. The second-order valence-corrected chi connectivity index (χ2v) is 9.28. The van der Waals surface area contributed by atoms with E-state index in [4.69, 9.17) is 5.21 Å². The van der Waals surface area contributed by atoms with E-state index >= 15 is 0 Å². The van der Waals surface area contributed by atoms with Crippen LogP contribution in [-0.4, -0.2) is 37.9 Å². The largest absolute Gasteiger partial charge is 0.352 e. The Labute approximate surface area is 230 Å². The third kappa shape index (κ3) is 7.81.